The highest BCUT2D eigenvalue weighted by molar-refractivity contribution is 5.95. The van der Waals surface area contributed by atoms with E-state index in [0.29, 0.717) is 18.0 Å². The summed E-state index contributed by atoms with van der Waals surface area (Å²) in [5, 5.41) is 11.7. The first-order chi connectivity index (χ1) is 9.60. The third-order valence-electron chi connectivity index (χ3n) is 3.76. The molecule has 1 aromatic rings. The summed E-state index contributed by atoms with van der Waals surface area (Å²) in [6.45, 7) is 6.02. The molecule has 1 atom stereocenters. The maximum atomic E-state index is 12.0. The number of carbonyl (C=O) groups excluding carboxylic acids is 1. The van der Waals surface area contributed by atoms with Crippen molar-refractivity contribution in [3.8, 4) is 0 Å². The largest absolute Gasteiger partial charge is 0.478 e. The van der Waals surface area contributed by atoms with Crippen molar-refractivity contribution in [2.45, 2.75) is 13.3 Å². The van der Waals surface area contributed by atoms with Crippen molar-refractivity contribution in [2.75, 3.05) is 26.2 Å². The van der Waals surface area contributed by atoms with Crippen LogP contribution in [-0.2, 0) is 0 Å². The molecule has 0 bridgehead atoms. The van der Waals surface area contributed by atoms with Crippen molar-refractivity contribution >= 4 is 11.9 Å². The Bertz CT molecular complexity index is 484. The van der Waals surface area contributed by atoms with E-state index < -0.39 is 5.97 Å². The number of hydrogen-bond acceptors (Lipinski definition) is 3. The molecule has 1 unspecified atom stereocenters. The minimum Gasteiger partial charge on any atom is -0.478 e. The zero-order valence-corrected chi connectivity index (χ0v) is 11.6. The van der Waals surface area contributed by atoms with Gasteiger partial charge in [0.05, 0.1) is 5.56 Å². The van der Waals surface area contributed by atoms with Gasteiger partial charge >= 0.3 is 5.97 Å². The minimum absolute atomic E-state index is 0.142. The standard InChI is InChI=1S/C15H20N2O3/c1-2-17-8-7-11(10-17)9-16-14(18)12-3-5-13(6-4-12)15(19)20/h3-6,11H,2,7-10H2,1H3,(H,16,18)(H,19,20). The summed E-state index contributed by atoms with van der Waals surface area (Å²) in [7, 11) is 0. The van der Waals surface area contributed by atoms with E-state index in [0.717, 1.165) is 26.1 Å². The van der Waals surface area contributed by atoms with Crippen molar-refractivity contribution in [2.24, 2.45) is 5.92 Å². The van der Waals surface area contributed by atoms with Gasteiger partial charge in [0, 0.05) is 18.7 Å². The Morgan fingerprint density at radius 2 is 1.95 bits per heavy atom. The highest BCUT2D eigenvalue weighted by Gasteiger charge is 2.21. The Morgan fingerprint density at radius 3 is 2.50 bits per heavy atom. The zero-order valence-electron chi connectivity index (χ0n) is 11.6. The Labute approximate surface area is 118 Å². The molecular weight excluding hydrogens is 256 g/mol. The predicted octanol–water partition coefficient (Wildman–Crippen LogP) is 1.46. The molecule has 1 saturated heterocycles. The van der Waals surface area contributed by atoms with Gasteiger partial charge in [0.1, 0.15) is 0 Å². The maximum Gasteiger partial charge on any atom is 0.335 e. The molecule has 0 spiro atoms. The number of amides is 1. The Balaban J connectivity index is 1.84. The molecule has 1 amide bonds. The summed E-state index contributed by atoms with van der Waals surface area (Å²) in [4.78, 5) is 25.1. The van der Waals surface area contributed by atoms with Gasteiger partial charge in [-0.05, 0) is 49.7 Å². The van der Waals surface area contributed by atoms with Crippen molar-refractivity contribution in [1.82, 2.24) is 10.2 Å². The Hall–Kier alpha value is -1.88. The van der Waals surface area contributed by atoms with E-state index in [9.17, 15) is 9.59 Å². The van der Waals surface area contributed by atoms with Crippen molar-refractivity contribution < 1.29 is 14.7 Å². The minimum atomic E-state index is -0.984. The summed E-state index contributed by atoms with van der Waals surface area (Å²) in [5.74, 6) is -0.614. The fourth-order valence-electron chi connectivity index (χ4n) is 2.47. The van der Waals surface area contributed by atoms with Gasteiger partial charge in [-0.1, -0.05) is 6.92 Å². The smallest absolute Gasteiger partial charge is 0.335 e. The molecule has 108 valence electrons. The van der Waals surface area contributed by atoms with E-state index in [1.165, 1.54) is 12.1 Å². The fourth-order valence-corrected chi connectivity index (χ4v) is 2.47. The van der Waals surface area contributed by atoms with Gasteiger partial charge in [0.15, 0.2) is 0 Å². The molecular formula is C15H20N2O3. The molecule has 2 N–H and O–H groups in total. The van der Waals surface area contributed by atoms with Crippen LogP contribution >= 0.6 is 0 Å². The second-order valence-corrected chi connectivity index (χ2v) is 5.14. The topological polar surface area (TPSA) is 69.6 Å². The van der Waals surface area contributed by atoms with E-state index in [2.05, 4.69) is 17.1 Å². The third-order valence-corrected chi connectivity index (χ3v) is 3.76. The van der Waals surface area contributed by atoms with Gasteiger partial charge in [-0.3, -0.25) is 4.79 Å². The highest BCUT2D eigenvalue weighted by Crippen LogP contribution is 2.14. The highest BCUT2D eigenvalue weighted by atomic mass is 16.4. The quantitative estimate of drug-likeness (QED) is 0.854. The Morgan fingerprint density at radius 1 is 1.30 bits per heavy atom. The molecule has 1 fully saturated rings. The number of nitrogens with zero attached hydrogens (tertiary/aromatic N) is 1. The average molecular weight is 276 g/mol. The summed E-state index contributed by atoms with van der Waals surface area (Å²) < 4.78 is 0. The Kier molecular flexibility index (Phi) is 4.74. The van der Waals surface area contributed by atoms with Gasteiger partial charge in [-0.15, -0.1) is 0 Å². The van der Waals surface area contributed by atoms with Gasteiger partial charge in [-0.2, -0.15) is 0 Å². The van der Waals surface area contributed by atoms with Crippen LogP contribution in [0, 0.1) is 5.92 Å². The predicted molar refractivity (Wildman–Crippen MR) is 76.0 cm³/mol. The van der Waals surface area contributed by atoms with Crippen LogP contribution in [-0.4, -0.2) is 48.1 Å². The summed E-state index contributed by atoms with van der Waals surface area (Å²) >= 11 is 0. The van der Waals surface area contributed by atoms with Crippen LogP contribution < -0.4 is 5.32 Å². The first kappa shape index (κ1) is 14.5. The lowest BCUT2D eigenvalue weighted by atomic mass is 10.1. The number of hydrogen-bond donors (Lipinski definition) is 2. The molecule has 0 radical (unpaired) electrons. The molecule has 5 nitrogen and oxygen atoms in total. The number of carbonyl (C=O) groups is 2. The van der Waals surface area contributed by atoms with Gasteiger partial charge in [-0.25, -0.2) is 4.79 Å². The number of nitrogens with one attached hydrogen (secondary N) is 1. The van der Waals surface area contributed by atoms with Gasteiger partial charge in [0.2, 0.25) is 0 Å². The molecule has 20 heavy (non-hydrogen) atoms. The molecule has 1 aliphatic rings. The number of benzene rings is 1. The lowest BCUT2D eigenvalue weighted by molar-refractivity contribution is 0.0696. The molecule has 1 aliphatic heterocycles. The molecule has 1 heterocycles. The first-order valence-electron chi connectivity index (χ1n) is 6.94. The lowest BCUT2D eigenvalue weighted by Gasteiger charge is -2.13. The van der Waals surface area contributed by atoms with Crippen LogP contribution in [0.3, 0.4) is 0 Å². The fraction of sp³-hybridized carbons (Fsp3) is 0.467. The van der Waals surface area contributed by atoms with E-state index in [1.54, 1.807) is 12.1 Å². The average Bonchev–Trinajstić information content (AvgIpc) is 2.93. The van der Waals surface area contributed by atoms with E-state index in [1.807, 2.05) is 0 Å². The number of likely N-dealkylation sites (tertiary alicyclic amines) is 1. The number of carboxylic acid groups (broad SMARTS) is 1. The van der Waals surface area contributed by atoms with Crippen molar-refractivity contribution in [1.29, 1.82) is 0 Å². The molecule has 1 aromatic carbocycles. The number of rotatable bonds is 5. The van der Waals surface area contributed by atoms with Gasteiger partial charge < -0.3 is 15.3 Å². The van der Waals surface area contributed by atoms with E-state index in [4.69, 9.17) is 5.11 Å². The molecule has 0 aliphatic carbocycles. The van der Waals surface area contributed by atoms with E-state index in [-0.39, 0.29) is 11.5 Å². The maximum absolute atomic E-state index is 12.0. The number of carboxylic acids is 1. The normalized spacial score (nSPS) is 18.9. The third kappa shape index (κ3) is 3.57. The summed E-state index contributed by atoms with van der Waals surface area (Å²) in [6, 6.07) is 5.99. The molecule has 5 heteroatoms. The second kappa shape index (κ2) is 6.52. The van der Waals surface area contributed by atoms with Gasteiger partial charge in [0.25, 0.3) is 5.91 Å². The van der Waals surface area contributed by atoms with Crippen LogP contribution in [0.1, 0.15) is 34.1 Å². The van der Waals surface area contributed by atoms with Crippen molar-refractivity contribution in [3.05, 3.63) is 35.4 Å². The first-order valence-corrected chi connectivity index (χ1v) is 6.94. The lowest BCUT2D eigenvalue weighted by Crippen LogP contribution is -2.31. The second-order valence-electron chi connectivity index (χ2n) is 5.14. The van der Waals surface area contributed by atoms with E-state index >= 15 is 0 Å². The summed E-state index contributed by atoms with van der Waals surface area (Å²) in [6.07, 6.45) is 1.12. The molecule has 2 rings (SSSR count). The molecule has 0 saturated carbocycles. The molecule has 0 aromatic heterocycles. The number of aromatic carboxylic acids is 1. The van der Waals surface area contributed by atoms with Crippen LogP contribution in [0.5, 0.6) is 0 Å². The summed E-state index contributed by atoms with van der Waals surface area (Å²) in [5.41, 5.74) is 0.691. The van der Waals surface area contributed by atoms with Crippen molar-refractivity contribution in [3.63, 3.8) is 0 Å². The van der Waals surface area contributed by atoms with Crippen LogP contribution in [0.2, 0.25) is 0 Å². The van der Waals surface area contributed by atoms with Crippen LogP contribution in [0.15, 0.2) is 24.3 Å². The zero-order chi connectivity index (χ0) is 14.5. The van der Waals surface area contributed by atoms with Crippen LogP contribution in [0.4, 0.5) is 0 Å². The SMILES string of the molecule is CCN1CCC(CNC(=O)c2ccc(C(=O)O)cc2)C1. The van der Waals surface area contributed by atoms with Crippen LogP contribution in [0.25, 0.3) is 0 Å². The monoisotopic (exact) mass is 276 g/mol.